The van der Waals surface area contributed by atoms with Gasteiger partial charge in [-0.1, -0.05) is 63.2 Å². The van der Waals surface area contributed by atoms with Crippen LogP contribution in [0.1, 0.15) is 5.56 Å². The normalized spacial score (nSPS) is 15.2. The molecule has 0 saturated carbocycles. The molecule has 1 aliphatic rings. The van der Waals surface area contributed by atoms with Gasteiger partial charge in [-0.2, -0.15) is 0 Å². The summed E-state index contributed by atoms with van der Waals surface area (Å²) >= 11 is 0.175. The maximum Gasteiger partial charge on any atom is -0.0127 e. The van der Waals surface area contributed by atoms with E-state index in [9.17, 15) is 0 Å². The van der Waals surface area contributed by atoms with Gasteiger partial charge < -0.3 is 0 Å². The van der Waals surface area contributed by atoms with Crippen LogP contribution in [0, 0.1) is 0 Å². The number of halogens is 1. The van der Waals surface area contributed by atoms with E-state index in [2.05, 4.69) is 50.6 Å². The fourth-order valence-electron chi connectivity index (χ4n) is 1.11. The first kappa shape index (κ1) is 7.92. The molecule has 2 rings (SSSR count). The first-order valence-electron chi connectivity index (χ1n) is 3.84. The van der Waals surface area contributed by atoms with E-state index in [1.54, 1.807) is 0 Å². The third-order valence-corrected chi connectivity index (χ3v) is 3.57. The molecular formula is C11H9I. The lowest BCUT2D eigenvalue weighted by atomic mass is 10.1. The molecule has 0 atom stereocenters. The van der Waals surface area contributed by atoms with Crippen LogP contribution in [0.3, 0.4) is 0 Å². The Morgan fingerprint density at radius 1 is 1.00 bits per heavy atom. The van der Waals surface area contributed by atoms with Gasteiger partial charge in [-0.3, -0.25) is 0 Å². The van der Waals surface area contributed by atoms with Crippen molar-refractivity contribution < 1.29 is 0 Å². The fraction of sp³-hybridized carbons (Fsp3) is 0. The molecule has 0 aliphatic carbocycles. The predicted molar refractivity (Wildman–Crippen MR) is 63.6 cm³/mol. The molecule has 0 aromatic heterocycles. The summed E-state index contributed by atoms with van der Waals surface area (Å²) in [6.07, 6.45) is 4.34. The Balaban J connectivity index is 2.38. The van der Waals surface area contributed by atoms with Crippen LogP contribution in [0.15, 0.2) is 46.6 Å². The minimum Gasteiger partial charge on any atom is -0.0931 e. The van der Waals surface area contributed by atoms with Gasteiger partial charge in [0.05, 0.1) is 0 Å². The number of hydrogen-bond donors (Lipinski definition) is 0. The highest BCUT2D eigenvalue weighted by molar-refractivity contribution is 14.2. The van der Waals surface area contributed by atoms with Crippen molar-refractivity contribution in [3.05, 3.63) is 52.1 Å². The maximum absolute atomic E-state index is 2.36. The van der Waals surface area contributed by atoms with E-state index in [0.29, 0.717) is 0 Å². The minimum atomic E-state index is 0.175. The van der Waals surface area contributed by atoms with Crippen molar-refractivity contribution in [2.24, 2.45) is 0 Å². The third kappa shape index (κ3) is 1.72. The van der Waals surface area contributed by atoms with Gasteiger partial charge in [-0.25, -0.2) is 0 Å². The Labute approximate surface area is 82.4 Å². The average Bonchev–Trinajstić information content (AvgIpc) is 2.21. The van der Waals surface area contributed by atoms with Gasteiger partial charge in [0.1, 0.15) is 0 Å². The molecule has 0 N–H and O–H groups in total. The molecule has 60 valence electrons. The zero-order valence-electron chi connectivity index (χ0n) is 6.57. The van der Waals surface area contributed by atoms with E-state index < -0.39 is 0 Å². The summed E-state index contributed by atoms with van der Waals surface area (Å²) in [4.78, 5) is 0. The number of allylic oxidation sites excluding steroid dienone is 3. The summed E-state index contributed by atoms with van der Waals surface area (Å²) in [5, 5.41) is 0. The quantitative estimate of drug-likeness (QED) is 0.685. The summed E-state index contributed by atoms with van der Waals surface area (Å²) in [7, 11) is 0. The highest BCUT2D eigenvalue weighted by Crippen LogP contribution is 2.21. The SMILES string of the molecule is C1=CC(c2ccccc2)=CI=C1. The van der Waals surface area contributed by atoms with Crippen molar-refractivity contribution in [2.45, 2.75) is 0 Å². The zero-order valence-corrected chi connectivity index (χ0v) is 8.73. The van der Waals surface area contributed by atoms with Gasteiger partial charge in [0, 0.05) is 0 Å². The fourth-order valence-corrected chi connectivity index (χ4v) is 2.72. The summed E-state index contributed by atoms with van der Waals surface area (Å²) in [5.41, 5.74) is 2.72. The van der Waals surface area contributed by atoms with Crippen LogP contribution in [-0.2, 0) is 0 Å². The largest absolute Gasteiger partial charge is 0.0931 e. The van der Waals surface area contributed by atoms with Gasteiger partial charge >= 0.3 is 0 Å². The lowest BCUT2D eigenvalue weighted by Crippen LogP contribution is -1.80. The molecule has 0 spiro atoms. The van der Waals surface area contributed by atoms with E-state index in [4.69, 9.17) is 0 Å². The molecule has 12 heavy (non-hydrogen) atoms. The molecule has 1 aromatic carbocycles. The van der Waals surface area contributed by atoms with Gasteiger partial charge in [-0.15, -0.1) is 0 Å². The van der Waals surface area contributed by atoms with E-state index in [0.717, 1.165) is 0 Å². The smallest absolute Gasteiger partial charge is 0.0127 e. The standard InChI is InChI=1S/C11H9I/c1-2-5-10(6-3-1)11-7-4-8-12-9-11/h1-9H. The van der Waals surface area contributed by atoms with Crippen LogP contribution in [0.2, 0.25) is 0 Å². The Hall–Kier alpha value is -0.700. The van der Waals surface area contributed by atoms with E-state index in [1.165, 1.54) is 11.1 Å². The minimum absolute atomic E-state index is 0.175. The van der Waals surface area contributed by atoms with Gasteiger partial charge in [-0.05, 0) is 19.2 Å². The summed E-state index contributed by atoms with van der Waals surface area (Å²) in [6, 6.07) is 10.5. The van der Waals surface area contributed by atoms with Crippen molar-refractivity contribution in [3.63, 3.8) is 0 Å². The van der Waals surface area contributed by atoms with Crippen molar-refractivity contribution in [3.8, 4) is 0 Å². The molecule has 0 unspecified atom stereocenters. The molecule has 0 saturated heterocycles. The van der Waals surface area contributed by atoms with Crippen molar-refractivity contribution in [1.82, 2.24) is 0 Å². The molecule has 0 fully saturated rings. The monoisotopic (exact) mass is 268 g/mol. The number of rotatable bonds is 1. The summed E-state index contributed by atoms with van der Waals surface area (Å²) < 4.78 is 4.62. The number of benzene rings is 1. The molecule has 0 amide bonds. The molecule has 1 heteroatoms. The first-order valence-corrected chi connectivity index (χ1v) is 6.33. The third-order valence-electron chi connectivity index (χ3n) is 1.71. The summed E-state index contributed by atoms with van der Waals surface area (Å²) in [6.45, 7) is 0. The van der Waals surface area contributed by atoms with E-state index in [1.807, 2.05) is 0 Å². The van der Waals surface area contributed by atoms with Crippen molar-refractivity contribution >= 4 is 30.3 Å². The average molecular weight is 268 g/mol. The lowest BCUT2D eigenvalue weighted by molar-refractivity contribution is 1.63. The molecule has 0 nitrogen and oxygen atoms in total. The van der Waals surface area contributed by atoms with Crippen LogP contribution in [0.5, 0.6) is 0 Å². The summed E-state index contributed by atoms with van der Waals surface area (Å²) in [5.74, 6) is 0. The Bertz CT molecular complexity index is 345. The lowest BCUT2D eigenvalue weighted by Gasteiger charge is -2.01. The predicted octanol–water partition coefficient (Wildman–Crippen LogP) is 3.37. The Kier molecular flexibility index (Phi) is 2.51. The Morgan fingerprint density at radius 3 is 2.50 bits per heavy atom. The molecule has 0 bridgehead atoms. The molecule has 1 aromatic rings. The van der Waals surface area contributed by atoms with E-state index in [-0.39, 0.29) is 20.7 Å². The van der Waals surface area contributed by atoms with Crippen LogP contribution < -0.4 is 0 Å². The molecule has 1 heterocycles. The second-order valence-corrected chi connectivity index (χ2v) is 4.60. The van der Waals surface area contributed by atoms with Gasteiger partial charge in [0.25, 0.3) is 0 Å². The van der Waals surface area contributed by atoms with Crippen LogP contribution in [0.4, 0.5) is 0 Å². The maximum atomic E-state index is 2.36. The van der Waals surface area contributed by atoms with E-state index >= 15 is 0 Å². The highest BCUT2D eigenvalue weighted by Gasteiger charge is 1.95. The molecule has 0 radical (unpaired) electrons. The van der Waals surface area contributed by atoms with Crippen molar-refractivity contribution in [2.75, 3.05) is 0 Å². The first-order chi connectivity index (χ1) is 5.97. The van der Waals surface area contributed by atoms with Crippen LogP contribution in [0.25, 0.3) is 5.57 Å². The van der Waals surface area contributed by atoms with Crippen LogP contribution in [-0.4, -0.2) is 4.01 Å². The number of hydrogen-bond acceptors (Lipinski definition) is 0. The van der Waals surface area contributed by atoms with Gasteiger partial charge in [0.2, 0.25) is 0 Å². The highest BCUT2D eigenvalue weighted by atomic mass is 127. The molecular weight excluding hydrogens is 259 g/mol. The molecule has 1 aliphatic heterocycles. The second kappa shape index (κ2) is 3.81. The van der Waals surface area contributed by atoms with Gasteiger partial charge in [0.15, 0.2) is 0 Å². The Morgan fingerprint density at radius 2 is 1.83 bits per heavy atom. The second-order valence-electron chi connectivity index (χ2n) is 2.54. The van der Waals surface area contributed by atoms with Crippen molar-refractivity contribution in [1.29, 1.82) is 0 Å². The van der Waals surface area contributed by atoms with Crippen LogP contribution >= 0.6 is 20.7 Å². The topological polar surface area (TPSA) is 0 Å². The zero-order chi connectivity index (χ0) is 8.23.